The van der Waals surface area contributed by atoms with Crippen LogP contribution in [0.1, 0.15) is 33.6 Å². The van der Waals surface area contributed by atoms with Crippen LogP contribution in [0.15, 0.2) is 0 Å². The van der Waals surface area contributed by atoms with Gasteiger partial charge < -0.3 is 0 Å². The van der Waals surface area contributed by atoms with Crippen molar-refractivity contribution in [3.05, 3.63) is 0 Å². The summed E-state index contributed by atoms with van der Waals surface area (Å²) in [6.45, 7) is 10.8. The van der Waals surface area contributed by atoms with Gasteiger partial charge in [-0.2, -0.15) is 0 Å². The Kier molecular flexibility index (Phi) is 3.01. The summed E-state index contributed by atoms with van der Waals surface area (Å²) in [5, 5.41) is 0. The Hall–Kier alpha value is 0.203. The van der Waals surface area contributed by atoms with Gasteiger partial charge in [0.2, 0.25) is 0 Å². The molecule has 0 radical (unpaired) electrons. The molecule has 5 nitrogen and oxygen atoms in total. The van der Waals surface area contributed by atoms with E-state index in [1.54, 1.807) is 0 Å². The molecule has 6 saturated heterocycles. The van der Waals surface area contributed by atoms with E-state index in [0.717, 1.165) is 52.4 Å². The average molecular weight is 413 g/mol. The molecule has 6 aliphatic rings. The normalized spacial score (nSPS) is 42.8. The SMILES string of the molecule is CC(C)(C)OC(=O)N1CCC2(CC1)COC[C]13[Co]4[Co]1[C]43COC2. The van der Waals surface area contributed by atoms with Crippen molar-refractivity contribution in [2.75, 3.05) is 39.5 Å². The van der Waals surface area contributed by atoms with Gasteiger partial charge >= 0.3 is 145 Å². The van der Waals surface area contributed by atoms with Crippen molar-refractivity contribution in [2.45, 2.75) is 45.8 Å². The van der Waals surface area contributed by atoms with Crippen LogP contribution in [0.5, 0.6) is 0 Å². The maximum atomic E-state index is 12.2. The molecule has 0 atom stereocenters. The fourth-order valence-corrected chi connectivity index (χ4v) is 17.2. The van der Waals surface area contributed by atoms with Gasteiger partial charge in [-0.15, -0.1) is 0 Å². The van der Waals surface area contributed by atoms with Crippen molar-refractivity contribution in [1.82, 2.24) is 4.90 Å². The molecule has 136 valence electrons. The number of piperidine rings is 1. The van der Waals surface area contributed by atoms with Gasteiger partial charge in [-0.25, -0.2) is 0 Å². The summed E-state index contributed by atoms with van der Waals surface area (Å²) in [4.78, 5) is 14.0. The van der Waals surface area contributed by atoms with E-state index in [0.29, 0.717) is 30.4 Å². The van der Waals surface area contributed by atoms with E-state index in [1.807, 2.05) is 25.7 Å². The van der Waals surface area contributed by atoms with Crippen LogP contribution in [0, 0.1) is 5.41 Å². The fraction of sp³-hybridized carbons (Fsp3) is 0.938. The Balaban J connectivity index is 1.17. The molecule has 1 amide bonds. The van der Waals surface area contributed by atoms with E-state index < -0.39 is 5.60 Å². The standard InChI is InChI=1S/C16H25NO4.2Co/c1-15(2,3)21-14(18)17-8-6-16(7-9-17)12-19-10-4-5-11-20-13-16;;/h6-13H2,1-3H3;;. The Bertz CT molecular complexity index is 531. The third-order valence-electron chi connectivity index (χ3n) is 5.20. The van der Waals surface area contributed by atoms with Crippen molar-refractivity contribution in [2.24, 2.45) is 5.41 Å². The van der Waals surface area contributed by atoms with Crippen LogP contribution in [0.2, 0.25) is 6.57 Å². The predicted molar refractivity (Wildman–Crippen MR) is 76.5 cm³/mol. The van der Waals surface area contributed by atoms with Crippen LogP contribution in [0.3, 0.4) is 0 Å². The van der Waals surface area contributed by atoms with Gasteiger partial charge in [0.1, 0.15) is 0 Å². The van der Waals surface area contributed by atoms with E-state index in [4.69, 9.17) is 14.2 Å². The van der Waals surface area contributed by atoms with Gasteiger partial charge in [0.05, 0.1) is 0 Å². The van der Waals surface area contributed by atoms with Crippen molar-refractivity contribution < 1.29 is 42.8 Å². The van der Waals surface area contributed by atoms with Gasteiger partial charge in [-0.05, 0) is 0 Å². The molecule has 3 spiro atoms. The van der Waals surface area contributed by atoms with Gasteiger partial charge in [-0.3, -0.25) is 0 Å². The monoisotopic (exact) mass is 413 g/mol. The summed E-state index contributed by atoms with van der Waals surface area (Å²) in [6.07, 6.45) is 1.72. The Morgan fingerprint density at radius 1 is 1.00 bits per heavy atom. The Labute approximate surface area is 144 Å². The second kappa shape index (κ2) is 4.48. The van der Waals surface area contributed by atoms with Gasteiger partial charge in [0, 0.05) is 0 Å². The molecule has 0 aliphatic carbocycles. The maximum absolute atomic E-state index is 12.2. The summed E-state index contributed by atoms with van der Waals surface area (Å²) in [6, 6.07) is 0. The van der Waals surface area contributed by atoms with E-state index in [9.17, 15) is 4.79 Å². The molecule has 0 unspecified atom stereocenters. The molecule has 0 aromatic carbocycles. The average Bonchev–Trinajstić information content (AvgIpc) is 3.36. The van der Waals surface area contributed by atoms with Crippen LogP contribution in [-0.4, -0.2) is 56.1 Å². The van der Waals surface area contributed by atoms with E-state index in [-0.39, 0.29) is 11.5 Å². The van der Waals surface area contributed by atoms with E-state index in [1.165, 1.54) is 0 Å². The number of hydrogen-bond acceptors (Lipinski definition) is 4. The molecule has 23 heavy (non-hydrogen) atoms. The molecule has 0 N–H and O–H groups in total. The van der Waals surface area contributed by atoms with Crippen molar-refractivity contribution in [1.29, 1.82) is 0 Å². The summed E-state index contributed by atoms with van der Waals surface area (Å²) < 4.78 is 19.2. The molecular formula is C16H25Co2NO4. The number of rotatable bonds is 0. The Morgan fingerprint density at radius 2 is 1.52 bits per heavy atom. The Morgan fingerprint density at radius 3 is 2.00 bits per heavy atom. The summed E-state index contributed by atoms with van der Waals surface area (Å²) >= 11 is 0.868. The van der Waals surface area contributed by atoms with Gasteiger partial charge in [0.15, 0.2) is 0 Å². The number of carbonyl (C=O) groups is 1. The molecule has 0 saturated carbocycles. The van der Waals surface area contributed by atoms with Crippen LogP contribution in [0.4, 0.5) is 4.79 Å². The summed E-state index contributed by atoms with van der Waals surface area (Å²) in [5.41, 5.74) is -0.326. The zero-order chi connectivity index (χ0) is 16.1. The molecule has 6 heterocycles. The number of likely N-dealkylation sites (tertiary alicyclic amines) is 1. The van der Waals surface area contributed by atoms with E-state index >= 15 is 0 Å². The number of hydrogen-bond donors (Lipinski definition) is 0. The molecule has 0 bridgehead atoms. The first-order valence-corrected chi connectivity index (χ1v) is 12.1. The number of nitrogens with zero attached hydrogens (tertiary/aromatic N) is 1. The third kappa shape index (κ3) is 2.07. The van der Waals surface area contributed by atoms with Crippen molar-refractivity contribution in [3.63, 3.8) is 0 Å². The summed E-state index contributed by atoms with van der Waals surface area (Å²) in [5.74, 6) is 0. The van der Waals surface area contributed by atoms with Crippen LogP contribution >= 0.6 is 0 Å². The molecule has 7 heteroatoms. The van der Waals surface area contributed by atoms with Crippen LogP contribution in [0.25, 0.3) is 0 Å². The zero-order valence-corrected chi connectivity index (χ0v) is 16.0. The van der Waals surface area contributed by atoms with Crippen molar-refractivity contribution in [3.8, 4) is 0 Å². The molecule has 6 fully saturated rings. The molecule has 6 rings (SSSR count). The molecule has 0 aromatic rings. The third-order valence-corrected chi connectivity index (χ3v) is 17.4. The first kappa shape index (κ1) is 15.5. The quantitative estimate of drug-likeness (QED) is 0.613. The predicted octanol–water partition coefficient (Wildman–Crippen LogP) is 2.48. The first-order chi connectivity index (χ1) is 10.8. The first-order valence-electron chi connectivity index (χ1n) is 8.27. The van der Waals surface area contributed by atoms with Crippen molar-refractivity contribution >= 4 is 6.09 Å². The number of carbonyl (C=O) groups excluding carboxylic acids is 1. The minimum atomic E-state index is -0.427. The second-order valence-electron chi connectivity index (χ2n) is 8.11. The number of ether oxygens (including phenoxy) is 3. The topological polar surface area (TPSA) is 48.0 Å². The van der Waals surface area contributed by atoms with Crippen LogP contribution < -0.4 is 0 Å². The number of amides is 1. The second-order valence-corrected chi connectivity index (χ2v) is 16.5. The van der Waals surface area contributed by atoms with Gasteiger partial charge in [-0.1, -0.05) is 0 Å². The molecular weight excluding hydrogens is 388 g/mol. The van der Waals surface area contributed by atoms with Gasteiger partial charge in [0.25, 0.3) is 0 Å². The molecule has 0 aromatic heterocycles. The molecule has 6 aliphatic heterocycles. The zero-order valence-electron chi connectivity index (χ0n) is 13.9. The summed E-state index contributed by atoms with van der Waals surface area (Å²) in [7, 11) is 0. The van der Waals surface area contributed by atoms with E-state index in [2.05, 4.69) is 0 Å². The fourth-order valence-electron chi connectivity index (χ4n) is 3.65. The van der Waals surface area contributed by atoms with Crippen LogP contribution in [-0.2, 0) is 38.0 Å². The minimum absolute atomic E-state index is 0.102.